The van der Waals surface area contributed by atoms with Crippen LogP contribution in [0, 0.1) is 5.92 Å². The van der Waals surface area contributed by atoms with Crippen LogP contribution in [-0.4, -0.2) is 23.9 Å². The van der Waals surface area contributed by atoms with Crippen molar-refractivity contribution in [2.45, 2.75) is 65.5 Å². The summed E-state index contributed by atoms with van der Waals surface area (Å²) in [6.45, 7) is 8.45. The number of likely N-dealkylation sites (tertiary alicyclic amines) is 1. The second-order valence-electron chi connectivity index (χ2n) is 7.22. The molecule has 1 N–H and O–H groups in total. The summed E-state index contributed by atoms with van der Waals surface area (Å²) in [6.07, 6.45) is 7.02. The summed E-state index contributed by atoms with van der Waals surface area (Å²) >= 11 is 0. The fourth-order valence-electron chi connectivity index (χ4n) is 3.02. The van der Waals surface area contributed by atoms with Gasteiger partial charge in [0.2, 0.25) is 5.91 Å². The van der Waals surface area contributed by atoms with E-state index in [2.05, 4.69) is 48.3 Å². The van der Waals surface area contributed by atoms with Crippen molar-refractivity contribution < 1.29 is 4.79 Å². The summed E-state index contributed by atoms with van der Waals surface area (Å²) in [4.78, 5) is 14.3. The number of benzene rings is 1. The predicted molar refractivity (Wildman–Crippen MR) is 96.1 cm³/mol. The molecule has 0 spiro atoms. The highest BCUT2D eigenvalue weighted by molar-refractivity contribution is 5.75. The molecule has 23 heavy (non-hydrogen) atoms. The molecule has 1 aliphatic heterocycles. The molecule has 1 heterocycles. The van der Waals surface area contributed by atoms with Crippen LogP contribution >= 0.6 is 0 Å². The van der Waals surface area contributed by atoms with E-state index in [1.165, 1.54) is 49.9 Å². The number of nitrogens with zero attached hydrogens (tertiary/aromatic N) is 1. The minimum absolute atomic E-state index is 0.160. The van der Waals surface area contributed by atoms with Crippen molar-refractivity contribution in [1.29, 1.82) is 0 Å². The molecule has 3 heteroatoms. The van der Waals surface area contributed by atoms with Crippen LogP contribution in [-0.2, 0) is 17.9 Å². The van der Waals surface area contributed by atoms with Crippen molar-refractivity contribution in [3.63, 3.8) is 0 Å². The lowest BCUT2D eigenvalue weighted by atomic mass is 10.1. The third kappa shape index (κ3) is 7.17. The number of hydrogen-bond donors (Lipinski definition) is 1. The number of nitrogens with one attached hydrogen (secondary N) is 1. The van der Waals surface area contributed by atoms with Crippen LogP contribution < -0.4 is 5.32 Å². The average molecular weight is 316 g/mol. The standard InChI is InChI=1S/C20H32N2O/c1-17(2)7-12-20(23)21-15-18-8-10-19(11-9-18)16-22-13-5-3-4-6-14-22/h8-11,17H,3-7,12-16H2,1-2H3,(H,21,23). The van der Waals surface area contributed by atoms with Gasteiger partial charge in [0, 0.05) is 19.5 Å². The third-order valence-corrected chi connectivity index (χ3v) is 4.57. The first kappa shape index (κ1) is 18.0. The molecular weight excluding hydrogens is 284 g/mol. The Hall–Kier alpha value is -1.35. The maximum Gasteiger partial charge on any atom is 0.220 e. The molecule has 0 atom stereocenters. The van der Waals surface area contributed by atoms with Gasteiger partial charge in [0.1, 0.15) is 0 Å². The predicted octanol–water partition coefficient (Wildman–Crippen LogP) is 4.12. The van der Waals surface area contributed by atoms with Crippen LogP contribution in [0.25, 0.3) is 0 Å². The number of rotatable bonds is 7. The Bertz CT molecular complexity index is 459. The van der Waals surface area contributed by atoms with Gasteiger partial charge < -0.3 is 5.32 Å². The molecule has 3 nitrogen and oxygen atoms in total. The van der Waals surface area contributed by atoms with Crippen LogP contribution in [0.3, 0.4) is 0 Å². The number of hydrogen-bond acceptors (Lipinski definition) is 2. The van der Waals surface area contributed by atoms with Crippen LogP contribution in [0.4, 0.5) is 0 Å². The van der Waals surface area contributed by atoms with E-state index in [-0.39, 0.29) is 5.91 Å². The number of amides is 1. The Balaban J connectivity index is 1.74. The quantitative estimate of drug-likeness (QED) is 0.821. The Kier molecular flexibility index (Phi) is 7.60. The largest absolute Gasteiger partial charge is 0.352 e. The van der Waals surface area contributed by atoms with E-state index < -0.39 is 0 Å². The van der Waals surface area contributed by atoms with E-state index >= 15 is 0 Å². The molecule has 0 saturated carbocycles. The highest BCUT2D eigenvalue weighted by atomic mass is 16.1. The van der Waals surface area contributed by atoms with E-state index in [4.69, 9.17) is 0 Å². The molecule has 1 aromatic carbocycles. The summed E-state index contributed by atoms with van der Waals surface area (Å²) < 4.78 is 0. The molecule has 0 aliphatic carbocycles. The minimum atomic E-state index is 0.160. The van der Waals surface area contributed by atoms with Gasteiger partial charge in [-0.15, -0.1) is 0 Å². The second-order valence-corrected chi connectivity index (χ2v) is 7.22. The molecule has 1 aliphatic rings. The van der Waals surface area contributed by atoms with Gasteiger partial charge in [-0.1, -0.05) is 51.0 Å². The van der Waals surface area contributed by atoms with E-state index in [0.717, 1.165) is 13.0 Å². The van der Waals surface area contributed by atoms with Gasteiger partial charge in [0.25, 0.3) is 0 Å². The topological polar surface area (TPSA) is 32.3 Å². The molecule has 1 saturated heterocycles. The molecule has 0 aromatic heterocycles. The first-order valence-corrected chi connectivity index (χ1v) is 9.20. The molecule has 1 amide bonds. The van der Waals surface area contributed by atoms with Gasteiger partial charge in [-0.25, -0.2) is 0 Å². The Morgan fingerprint density at radius 1 is 1.04 bits per heavy atom. The van der Waals surface area contributed by atoms with Crippen LogP contribution in [0.1, 0.15) is 63.5 Å². The zero-order chi connectivity index (χ0) is 16.5. The summed E-state index contributed by atoms with van der Waals surface area (Å²) in [5.41, 5.74) is 2.56. The summed E-state index contributed by atoms with van der Waals surface area (Å²) in [7, 11) is 0. The van der Waals surface area contributed by atoms with Gasteiger partial charge in [0.15, 0.2) is 0 Å². The van der Waals surface area contributed by atoms with E-state index in [1.807, 2.05) is 0 Å². The Morgan fingerprint density at radius 2 is 1.65 bits per heavy atom. The zero-order valence-electron chi connectivity index (χ0n) is 14.8. The first-order valence-electron chi connectivity index (χ1n) is 9.20. The summed E-state index contributed by atoms with van der Waals surface area (Å²) in [5.74, 6) is 0.742. The van der Waals surface area contributed by atoms with Crippen molar-refractivity contribution in [1.82, 2.24) is 10.2 Å². The first-order chi connectivity index (χ1) is 11.1. The third-order valence-electron chi connectivity index (χ3n) is 4.57. The molecule has 128 valence electrons. The highest BCUT2D eigenvalue weighted by Gasteiger charge is 2.09. The lowest BCUT2D eigenvalue weighted by Gasteiger charge is -2.19. The highest BCUT2D eigenvalue weighted by Crippen LogP contribution is 2.14. The maximum absolute atomic E-state index is 11.8. The molecule has 1 aromatic rings. The van der Waals surface area contributed by atoms with Gasteiger partial charge >= 0.3 is 0 Å². The normalized spacial score (nSPS) is 16.3. The monoisotopic (exact) mass is 316 g/mol. The zero-order valence-corrected chi connectivity index (χ0v) is 14.8. The van der Waals surface area contributed by atoms with E-state index in [9.17, 15) is 4.79 Å². The summed E-state index contributed by atoms with van der Waals surface area (Å²) in [5, 5.41) is 3.01. The van der Waals surface area contributed by atoms with Crippen molar-refractivity contribution in [3.05, 3.63) is 35.4 Å². The van der Waals surface area contributed by atoms with Gasteiger partial charge in [0.05, 0.1) is 0 Å². The van der Waals surface area contributed by atoms with Crippen molar-refractivity contribution in [3.8, 4) is 0 Å². The molecule has 0 unspecified atom stereocenters. The van der Waals surface area contributed by atoms with Crippen molar-refractivity contribution in [2.75, 3.05) is 13.1 Å². The molecule has 0 bridgehead atoms. The van der Waals surface area contributed by atoms with Crippen molar-refractivity contribution in [2.24, 2.45) is 5.92 Å². The lowest BCUT2D eigenvalue weighted by Crippen LogP contribution is -2.24. The fraction of sp³-hybridized carbons (Fsp3) is 0.650. The SMILES string of the molecule is CC(C)CCC(=O)NCc1ccc(CN2CCCCCC2)cc1. The van der Waals surface area contributed by atoms with Crippen molar-refractivity contribution >= 4 is 5.91 Å². The van der Waals surface area contributed by atoms with Crippen LogP contribution in [0.5, 0.6) is 0 Å². The van der Waals surface area contributed by atoms with Gasteiger partial charge in [-0.05, 0) is 49.4 Å². The fourth-order valence-corrected chi connectivity index (χ4v) is 3.02. The number of carbonyl (C=O) groups excluding carboxylic acids is 1. The van der Waals surface area contributed by atoms with Gasteiger partial charge in [-0.2, -0.15) is 0 Å². The average Bonchev–Trinajstić information content (AvgIpc) is 2.81. The smallest absolute Gasteiger partial charge is 0.220 e. The van der Waals surface area contributed by atoms with E-state index in [0.29, 0.717) is 18.9 Å². The second kappa shape index (κ2) is 9.71. The maximum atomic E-state index is 11.8. The Morgan fingerprint density at radius 3 is 2.26 bits per heavy atom. The summed E-state index contributed by atoms with van der Waals surface area (Å²) in [6, 6.07) is 8.72. The Labute approximate surface area is 141 Å². The van der Waals surface area contributed by atoms with Crippen LogP contribution in [0.15, 0.2) is 24.3 Å². The molecule has 1 fully saturated rings. The van der Waals surface area contributed by atoms with Crippen LogP contribution in [0.2, 0.25) is 0 Å². The van der Waals surface area contributed by atoms with E-state index in [1.54, 1.807) is 0 Å². The lowest BCUT2D eigenvalue weighted by molar-refractivity contribution is -0.121. The van der Waals surface area contributed by atoms with Gasteiger partial charge in [-0.3, -0.25) is 9.69 Å². The molecular formula is C20H32N2O. The number of carbonyl (C=O) groups is 1. The minimum Gasteiger partial charge on any atom is -0.352 e. The molecule has 0 radical (unpaired) electrons. The molecule has 2 rings (SSSR count).